The molecular formula is C12H15ClN2O2. The summed E-state index contributed by atoms with van der Waals surface area (Å²) in [5.74, 6) is 0.383. The predicted molar refractivity (Wildman–Crippen MR) is 66.7 cm³/mol. The molecule has 4 nitrogen and oxygen atoms in total. The average Bonchev–Trinajstić information content (AvgIpc) is 2.81. The van der Waals surface area contributed by atoms with Gasteiger partial charge in [-0.2, -0.15) is 0 Å². The third-order valence-corrected chi connectivity index (χ3v) is 3.04. The fraction of sp³-hybridized carbons (Fsp3) is 0.417. The average molecular weight is 255 g/mol. The Morgan fingerprint density at radius 1 is 1.59 bits per heavy atom. The first-order valence-electron chi connectivity index (χ1n) is 5.56. The van der Waals surface area contributed by atoms with Crippen LogP contribution in [-0.2, 0) is 0 Å². The number of ether oxygens (including phenoxy) is 1. The molecule has 1 aromatic carbocycles. The van der Waals surface area contributed by atoms with Crippen LogP contribution in [0.15, 0.2) is 18.2 Å². The first-order chi connectivity index (χ1) is 8.20. The molecule has 1 amide bonds. The van der Waals surface area contributed by atoms with Gasteiger partial charge in [0.15, 0.2) is 0 Å². The van der Waals surface area contributed by atoms with Crippen molar-refractivity contribution >= 4 is 17.5 Å². The second-order valence-electron chi connectivity index (χ2n) is 4.01. The minimum Gasteiger partial charge on any atom is -0.496 e. The van der Waals surface area contributed by atoms with Gasteiger partial charge in [-0.3, -0.25) is 4.79 Å². The molecule has 1 atom stereocenters. The second kappa shape index (κ2) is 5.38. The van der Waals surface area contributed by atoms with Gasteiger partial charge >= 0.3 is 0 Å². The molecule has 0 aliphatic carbocycles. The van der Waals surface area contributed by atoms with E-state index in [1.54, 1.807) is 18.2 Å². The van der Waals surface area contributed by atoms with Gasteiger partial charge in [0.1, 0.15) is 5.75 Å². The molecule has 2 rings (SSSR count). The van der Waals surface area contributed by atoms with Crippen molar-refractivity contribution in [3.63, 3.8) is 0 Å². The van der Waals surface area contributed by atoms with Crippen LogP contribution in [0.4, 0.5) is 0 Å². The van der Waals surface area contributed by atoms with Crippen LogP contribution in [0.3, 0.4) is 0 Å². The van der Waals surface area contributed by atoms with E-state index >= 15 is 0 Å². The zero-order valence-electron chi connectivity index (χ0n) is 9.63. The van der Waals surface area contributed by atoms with Crippen LogP contribution < -0.4 is 15.4 Å². The lowest BCUT2D eigenvalue weighted by Gasteiger charge is -2.13. The van der Waals surface area contributed by atoms with Gasteiger partial charge in [-0.15, -0.1) is 0 Å². The number of nitrogens with one attached hydrogen (secondary N) is 2. The second-order valence-corrected chi connectivity index (χ2v) is 4.44. The van der Waals surface area contributed by atoms with E-state index < -0.39 is 0 Å². The molecule has 92 valence electrons. The van der Waals surface area contributed by atoms with Crippen LogP contribution in [-0.4, -0.2) is 32.1 Å². The molecule has 1 aliphatic rings. The van der Waals surface area contributed by atoms with Crippen LogP contribution >= 0.6 is 11.6 Å². The SMILES string of the molecule is COc1cc(Cl)ccc1C(=O)N[C@@H]1CCNC1. The van der Waals surface area contributed by atoms with Crippen molar-refractivity contribution in [2.75, 3.05) is 20.2 Å². The number of amides is 1. The third kappa shape index (κ3) is 2.90. The van der Waals surface area contributed by atoms with Gasteiger partial charge in [0.05, 0.1) is 12.7 Å². The summed E-state index contributed by atoms with van der Waals surface area (Å²) in [4.78, 5) is 12.0. The van der Waals surface area contributed by atoms with Gasteiger partial charge in [-0.1, -0.05) is 11.6 Å². The van der Waals surface area contributed by atoms with Crippen LogP contribution in [0.1, 0.15) is 16.8 Å². The first kappa shape index (κ1) is 12.2. The molecule has 17 heavy (non-hydrogen) atoms. The molecule has 0 saturated carbocycles. The summed E-state index contributed by atoms with van der Waals surface area (Å²) in [5.41, 5.74) is 0.517. The van der Waals surface area contributed by atoms with E-state index in [4.69, 9.17) is 16.3 Å². The minimum absolute atomic E-state index is 0.118. The summed E-state index contributed by atoms with van der Waals surface area (Å²) in [6.45, 7) is 1.77. The zero-order valence-corrected chi connectivity index (χ0v) is 10.4. The Balaban J connectivity index is 2.12. The van der Waals surface area contributed by atoms with E-state index in [-0.39, 0.29) is 11.9 Å². The summed E-state index contributed by atoms with van der Waals surface area (Å²) in [5, 5.41) is 6.72. The molecule has 1 saturated heterocycles. The van der Waals surface area contributed by atoms with Crippen molar-refractivity contribution in [2.24, 2.45) is 0 Å². The van der Waals surface area contributed by atoms with Gasteiger partial charge in [-0.25, -0.2) is 0 Å². The number of carbonyl (C=O) groups is 1. The lowest BCUT2D eigenvalue weighted by atomic mass is 10.1. The van der Waals surface area contributed by atoms with Crippen molar-refractivity contribution in [1.29, 1.82) is 0 Å². The smallest absolute Gasteiger partial charge is 0.255 e. The van der Waals surface area contributed by atoms with Crippen molar-refractivity contribution < 1.29 is 9.53 Å². The largest absolute Gasteiger partial charge is 0.496 e. The normalized spacial score (nSPS) is 19.1. The van der Waals surface area contributed by atoms with E-state index in [0.29, 0.717) is 16.3 Å². The Morgan fingerprint density at radius 3 is 3.06 bits per heavy atom. The maximum Gasteiger partial charge on any atom is 0.255 e. The van der Waals surface area contributed by atoms with Crippen molar-refractivity contribution in [1.82, 2.24) is 10.6 Å². The van der Waals surface area contributed by atoms with Gasteiger partial charge in [0.2, 0.25) is 0 Å². The Hall–Kier alpha value is -1.26. The Kier molecular flexibility index (Phi) is 3.86. The van der Waals surface area contributed by atoms with E-state index in [0.717, 1.165) is 19.5 Å². The molecule has 0 spiro atoms. The Morgan fingerprint density at radius 2 is 2.41 bits per heavy atom. The maximum absolute atomic E-state index is 12.0. The number of hydrogen-bond donors (Lipinski definition) is 2. The topological polar surface area (TPSA) is 50.4 Å². The summed E-state index contributed by atoms with van der Waals surface area (Å²) < 4.78 is 5.15. The van der Waals surface area contributed by atoms with Gasteiger partial charge in [0.25, 0.3) is 5.91 Å². The van der Waals surface area contributed by atoms with Crippen LogP contribution in [0.5, 0.6) is 5.75 Å². The summed E-state index contributed by atoms with van der Waals surface area (Å²) in [7, 11) is 1.53. The lowest BCUT2D eigenvalue weighted by Crippen LogP contribution is -2.36. The zero-order chi connectivity index (χ0) is 12.3. The molecule has 0 radical (unpaired) electrons. The number of halogens is 1. The van der Waals surface area contributed by atoms with E-state index in [2.05, 4.69) is 10.6 Å². The van der Waals surface area contributed by atoms with E-state index in [9.17, 15) is 4.79 Å². The Bertz CT molecular complexity index is 417. The lowest BCUT2D eigenvalue weighted by molar-refractivity contribution is 0.0937. The van der Waals surface area contributed by atoms with E-state index in [1.165, 1.54) is 7.11 Å². The quantitative estimate of drug-likeness (QED) is 0.858. The molecule has 0 aromatic heterocycles. The molecule has 0 bridgehead atoms. The molecule has 2 N–H and O–H groups in total. The van der Waals surface area contributed by atoms with E-state index in [1.807, 2.05) is 0 Å². The Labute approximate surface area is 105 Å². The highest BCUT2D eigenvalue weighted by Gasteiger charge is 2.19. The fourth-order valence-electron chi connectivity index (χ4n) is 1.89. The predicted octanol–water partition coefficient (Wildman–Crippen LogP) is 1.44. The maximum atomic E-state index is 12.0. The number of benzene rings is 1. The monoisotopic (exact) mass is 254 g/mol. The van der Waals surface area contributed by atoms with Crippen LogP contribution in [0, 0.1) is 0 Å². The number of methoxy groups -OCH3 is 1. The van der Waals surface area contributed by atoms with Crippen LogP contribution in [0.25, 0.3) is 0 Å². The fourth-order valence-corrected chi connectivity index (χ4v) is 2.06. The highest BCUT2D eigenvalue weighted by atomic mass is 35.5. The van der Waals surface area contributed by atoms with Crippen LogP contribution in [0.2, 0.25) is 5.02 Å². The summed E-state index contributed by atoms with van der Waals surface area (Å²) in [6.07, 6.45) is 0.960. The minimum atomic E-state index is -0.118. The third-order valence-electron chi connectivity index (χ3n) is 2.80. The van der Waals surface area contributed by atoms with Crippen molar-refractivity contribution in [3.05, 3.63) is 28.8 Å². The number of hydrogen-bond acceptors (Lipinski definition) is 3. The van der Waals surface area contributed by atoms with Gasteiger partial charge in [-0.05, 0) is 31.2 Å². The molecule has 1 aromatic rings. The van der Waals surface area contributed by atoms with Crippen molar-refractivity contribution in [3.8, 4) is 5.75 Å². The van der Waals surface area contributed by atoms with Crippen molar-refractivity contribution in [2.45, 2.75) is 12.5 Å². The highest BCUT2D eigenvalue weighted by molar-refractivity contribution is 6.30. The summed E-state index contributed by atoms with van der Waals surface area (Å²) >= 11 is 5.85. The number of rotatable bonds is 3. The van der Waals surface area contributed by atoms with Gasteiger partial charge in [0, 0.05) is 17.6 Å². The standard InChI is InChI=1S/C12H15ClN2O2/c1-17-11-6-8(13)2-3-10(11)12(16)15-9-4-5-14-7-9/h2-3,6,9,14H,4-5,7H2,1H3,(H,15,16)/t9-/m1/s1. The molecule has 1 heterocycles. The molecule has 5 heteroatoms. The molecule has 1 aliphatic heterocycles. The summed E-state index contributed by atoms with van der Waals surface area (Å²) in [6, 6.07) is 5.21. The highest BCUT2D eigenvalue weighted by Crippen LogP contribution is 2.23. The first-order valence-corrected chi connectivity index (χ1v) is 5.93. The molecule has 1 fully saturated rings. The number of carbonyl (C=O) groups excluding carboxylic acids is 1. The molecule has 0 unspecified atom stereocenters. The molecular weight excluding hydrogens is 240 g/mol. The van der Waals surface area contributed by atoms with Gasteiger partial charge < -0.3 is 15.4 Å².